The van der Waals surface area contributed by atoms with Crippen molar-refractivity contribution in [3.05, 3.63) is 28.2 Å². The Morgan fingerprint density at radius 1 is 1.10 bits per heavy atom. The highest BCUT2D eigenvalue weighted by Gasteiger charge is 2.35. The summed E-state index contributed by atoms with van der Waals surface area (Å²) in [5.41, 5.74) is 0.298. The van der Waals surface area contributed by atoms with E-state index in [0.29, 0.717) is 31.7 Å². The van der Waals surface area contributed by atoms with Gasteiger partial charge in [-0.05, 0) is 31.0 Å². The average Bonchev–Trinajstić information content (AvgIpc) is 3.33. The Balaban J connectivity index is 1.64. The summed E-state index contributed by atoms with van der Waals surface area (Å²) >= 11 is 3.31. The van der Waals surface area contributed by atoms with Crippen molar-refractivity contribution in [2.75, 3.05) is 26.2 Å². The number of phenols is 1. The van der Waals surface area contributed by atoms with Crippen LogP contribution in [0.2, 0.25) is 0 Å². The summed E-state index contributed by atoms with van der Waals surface area (Å²) in [6, 6.07) is 4.82. The number of aromatic hydroxyl groups is 1. The number of halogens is 1. The maximum atomic E-state index is 12.4. The van der Waals surface area contributed by atoms with E-state index in [9.17, 15) is 14.7 Å². The minimum Gasteiger partial charge on any atom is -0.507 e. The largest absolute Gasteiger partial charge is 0.507 e. The lowest BCUT2D eigenvalue weighted by molar-refractivity contribution is -0.134. The first-order valence-corrected chi connectivity index (χ1v) is 7.92. The quantitative estimate of drug-likeness (QED) is 0.883. The van der Waals surface area contributed by atoms with Crippen molar-refractivity contribution in [3.63, 3.8) is 0 Å². The Kier molecular flexibility index (Phi) is 3.89. The van der Waals surface area contributed by atoms with Gasteiger partial charge in [-0.15, -0.1) is 0 Å². The van der Waals surface area contributed by atoms with Gasteiger partial charge in [-0.3, -0.25) is 9.59 Å². The number of piperazine rings is 1. The molecule has 0 radical (unpaired) electrons. The molecule has 0 atom stereocenters. The molecule has 112 valence electrons. The van der Waals surface area contributed by atoms with Gasteiger partial charge in [0.15, 0.2) is 0 Å². The van der Waals surface area contributed by atoms with Crippen molar-refractivity contribution < 1.29 is 14.7 Å². The lowest BCUT2D eigenvalue weighted by atomic mass is 10.1. The minimum absolute atomic E-state index is 0.0142. The SMILES string of the molecule is O=C(c1cc(Br)ccc1O)N1CCN(C(=O)C2CC2)CC1. The molecule has 1 heterocycles. The number of amides is 2. The minimum atomic E-state index is -0.188. The van der Waals surface area contributed by atoms with Crippen LogP contribution in [0.1, 0.15) is 23.2 Å². The molecule has 2 amide bonds. The summed E-state index contributed by atoms with van der Waals surface area (Å²) in [6.45, 7) is 2.19. The zero-order chi connectivity index (χ0) is 15.0. The highest BCUT2D eigenvalue weighted by Crippen LogP contribution is 2.31. The number of benzene rings is 1. The van der Waals surface area contributed by atoms with Crippen molar-refractivity contribution in [2.45, 2.75) is 12.8 Å². The van der Waals surface area contributed by atoms with Crippen molar-refractivity contribution in [1.82, 2.24) is 9.80 Å². The van der Waals surface area contributed by atoms with Crippen LogP contribution in [0, 0.1) is 5.92 Å². The number of carbonyl (C=O) groups is 2. The molecule has 2 aliphatic rings. The van der Waals surface area contributed by atoms with Crippen LogP contribution >= 0.6 is 15.9 Å². The molecule has 0 bridgehead atoms. The Bertz CT molecular complexity index is 578. The fourth-order valence-corrected chi connectivity index (χ4v) is 2.93. The van der Waals surface area contributed by atoms with Gasteiger partial charge < -0.3 is 14.9 Å². The van der Waals surface area contributed by atoms with E-state index in [1.165, 1.54) is 6.07 Å². The summed E-state index contributed by atoms with van der Waals surface area (Å²) in [7, 11) is 0. The van der Waals surface area contributed by atoms with E-state index >= 15 is 0 Å². The summed E-state index contributed by atoms with van der Waals surface area (Å²) < 4.78 is 0.756. The molecule has 0 aromatic heterocycles. The maximum Gasteiger partial charge on any atom is 0.257 e. The standard InChI is InChI=1S/C15H17BrN2O3/c16-11-3-4-13(19)12(9-11)15(21)18-7-5-17(6-8-18)14(20)10-1-2-10/h3-4,9-10,19H,1-2,5-8H2. The molecule has 1 aliphatic carbocycles. The monoisotopic (exact) mass is 352 g/mol. The number of hydrogen-bond acceptors (Lipinski definition) is 3. The molecule has 1 aromatic rings. The molecule has 0 unspecified atom stereocenters. The van der Waals surface area contributed by atoms with E-state index in [4.69, 9.17) is 0 Å². The highest BCUT2D eigenvalue weighted by atomic mass is 79.9. The zero-order valence-corrected chi connectivity index (χ0v) is 13.2. The van der Waals surface area contributed by atoms with E-state index in [1.54, 1.807) is 17.0 Å². The van der Waals surface area contributed by atoms with Crippen LogP contribution in [0.4, 0.5) is 0 Å². The Morgan fingerprint density at radius 2 is 1.71 bits per heavy atom. The van der Waals surface area contributed by atoms with Gasteiger partial charge in [0.2, 0.25) is 5.91 Å². The van der Waals surface area contributed by atoms with Crippen molar-refractivity contribution >= 4 is 27.7 Å². The fourth-order valence-electron chi connectivity index (χ4n) is 2.57. The maximum absolute atomic E-state index is 12.4. The van der Waals surface area contributed by atoms with Crippen molar-refractivity contribution in [2.24, 2.45) is 5.92 Å². The van der Waals surface area contributed by atoms with Gasteiger partial charge in [-0.1, -0.05) is 15.9 Å². The Hall–Kier alpha value is -1.56. The van der Waals surface area contributed by atoms with Gasteiger partial charge in [0.05, 0.1) is 5.56 Å². The topological polar surface area (TPSA) is 60.9 Å². The number of phenolic OH excluding ortho intramolecular Hbond substituents is 1. The van der Waals surface area contributed by atoms with Gasteiger partial charge in [0.1, 0.15) is 5.75 Å². The zero-order valence-electron chi connectivity index (χ0n) is 11.6. The first-order valence-electron chi connectivity index (χ1n) is 7.13. The van der Waals surface area contributed by atoms with Crippen LogP contribution < -0.4 is 0 Å². The van der Waals surface area contributed by atoms with Crippen LogP contribution in [0.3, 0.4) is 0 Å². The van der Waals surface area contributed by atoms with E-state index < -0.39 is 0 Å². The molecular weight excluding hydrogens is 336 g/mol. The lowest BCUT2D eigenvalue weighted by Gasteiger charge is -2.35. The molecule has 5 nitrogen and oxygen atoms in total. The third-order valence-corrected chi connectivity index (χ3v) is 4.49. The normalized spacial score (nSPS) is 18.7. The predicted molar refractivity (Wildman–Crippen MR) is 81.0 cm³/mol. The predicted octanol–water partition coefficient (Wildman–Crippen LogP) is 1.85. The van der Waals surface area contributed by atoms with E-state index in [2.05, 4.69) is 15.9 Å². The third kappa shape index (κ3) is 3.05. The molecule has 6 heteroatoms. The smallest absolute Gasteiger partial charge is 0.257 e. The molecule has 21 heavy (non-hydrogen) atoms. The first kappa shape index (κ1) is 14.4. The highest BCUT2D eigenvalue weighted by molar-refractivity contribution is 9.10. The molecule has 1 aliphatic heterocycles. The second-order valence-electron chi connectivity index (χ2n) is 5.55. The van der Waals surface area contributed by atoms with Crippen LogP contribution in [-0.2, 0) is 4.79 Å². The van der Waals surface area contributed by atoms with E-state index in [-0.39, 0.29) is 23.5 Å². The second kappa shape index (κ2) is 5.67. The molecule has 1 saturated carbocycles. The summed E-state index contributed by atoms with van der Waals surface area (Å²) in [6.07, 6.45) is 2.01. The van der Waals surface area contributed by atoms with E-state index in [1.807, 2.05) is 4.90 Å². The van der Waals surface area contributed by atoms with Gasteiger partial charge in [0.25, 0.3) is 5.91 Å². The average molecular weight is 353 g/mol. The van der Waals surface area contributed by atoms with Crippen LogP contribution in [-0.4, -0.2) is 52.9 Å². The molecule has 1 N–H and O–H groups in total. The third-order valence-electron chi connectivity index (χ3n) is 3.99. The van der Waals surface area contributed by atoms with E-state index in [0.717, 1.165) is 17.3 Å². The molecule has 1 aromatic carbocycles. The van der Waals surface area contributed by atoms with Crippen LogP contribution in [0.15, 0.2) is 22.7 Å². The molecule has 2 fully saturated rings. The van der Waals surface area contributed by atoms with Crippen molar-refractivity contribution in [3.8, 4) is 5.75 Å². The van der Waals surface area contributed by atoms with Crippen LogP contribution in [0.5, 0.6) is 5.75 Å². The summed E-state index contributed by atoms with van der Waals surface area (Å²) in [4.78, 5) is 28.0. The number of hydrogen-bond donors (Lipinski definition) is 1. The lowest BCUT2D eigenvalue weighted by Crippen LogP contribution is -2.51. The number of rotatable bonds is 2. The van der Waals surface area contributed by atoms with Gasteiger partial charge in [-0.2, -0.15) is 0 Å². The Labute approximate surface area is 131 Å². The number of nitrogens with zero attached hydrogens (tertiary/aromatic N) is 2. The van der Waals surface area contributed by atoms with Gasteiger partial charge in [0, 0.05) is 36.6 Å². The second-order valence-corrected chi connectivity index (χ2v) is 6.47. The van der Waals surface area contributed by atoms with Gasteiger partial charge in [-0.25, -0.2) is 0 Å². The summed E-state index contributed by atoms with van der Waals surface area (Å²) in [5, 5.41) is 9.82. The van der Waals surface area contributed by atoms with Crippen molar-refractivity contribution in [1.29, 1.82) is 0 Å². The number of carbonyl (C=O) groups excluding carboxylic acids is 2. The first-order chi connectivity index (χ1) is 10.1. The Morgan fingerprint density at radius 3 is 2.33 bits per heavy atom. The molecule has 0 spiro atoms. The fraction of sp³-hybridized carbons (Fsp3) is 0.467. The molecular formula is C15H17BrN2O3. The van der Waals surface area contributed by atoms with Gasteiger partial charge >= 0.3 is 0 Å². The summed E-state index contributed by atoms with van der Waals surface area (Å²) in [5.74, 6) is 0.251. The van der Waals surface area contributed by atoms with Crippen LogP contribution in [0.25, 0.3) is 0 Å². The molecule has 1 saturated heterocycles. The molecule has 3 rings (SSSR count).